The standard InChI is InChI=1S/C7H6F2N2O2/c8-5(9)7-11-10-6(13-7)3-1-4(12)2-3/h3,5H,1-2H2. The molecule has 0 atom stereocenters. The van der Waals surface area contributed by atoms with Crippen molar-refractivity contribution in [2.45, 2.75) is 25.2 Å². The molecule has 1 fully saturated rings. The maximum absolute atomic E-state index is 12.0. The van der Waals surface area contributed by atoms with E-state index >= 15 is 0 Å². The SMILES string of the molecule is O=C1CC(c2nnc(C(F)F)o2)C1. The largest absolute Gasteiger partial charge is 0.419 e. The van der Waals surface area contributed by atoms with Gasteiger partial charge in [0.15, 0.2) is 0 Å². The summed E-state index contributed by atoms with van der Waals surface area (Å²) in [6, 6.07) is 0. The summed E-state index contributed by atoms with van der Waals surface area (Å²) in [7, 11) is 0. The molecular weight excluding hydrogens is 182 g/mol. The summed E-state index contributed by atoms with van der Waals surface area (Å²) in [4.78, 5) is 10.6. The molecule has 0 saturated heterocycles. The number of hydrogen-bond acceptors (Lipinski definition) is 4. The van der Waals surface area contributed by atoms with Crippen molar-refractivity contribution >= 4 is 5.78 Å². The van der Waals surface area contributed by atoms with E-state index in [1.165, 1.54) is 0 Å². The van der Waals surface area contributed by atoms with Crippen molar-refractivity contribution in [3.8, 4) is 0 Å². The summed E-state index contributed by atoms with van der Waals surface area (Å²) in [5, 5.41) is 6.61. The number of halogens is 2. The molecule has 70 valence electrons. The van der Waals surface area contributed by atoms with Crippen LogP contribution in [0.2, 0.25) is 0 Å². The third-order valence-corrected chi connectivity index (χ3v) is 1.94. The summed E-state index contributed by atoms with van der Waals surface area (Å²) in [5.41, 5.74) is 0. The predicted octanol–water partition coefficient (Wildman–Crippen LogP) is 1.45. The fraction of sp³-hybridized carbons (Fsp3) is 0.571. The molecule has 0 radical (unpaired) electrons. The molecule has 1 heterocycles. The van der Waals surface area contributed by atoms with E-state index < -0.39 is 12.3 Å². The first kappa shape index (κ1) is 8.28. The zero-order valence-electron chi connectivity index (χ0n) is 6.54. The first-order valence-electron chi connectivity index (χ1n) is 3.80. The van der Waals surface area contributed by atoms with E-state index in [2.05, 4.69) is 14.6 Å². The fourth-order valence-corrected chi connectivity index (χ4v) is 1.16. The van der Waals surface area contributed by atoms with E-state index in [1.54, 1.807) is 0 Å². The molecule has 0 N–H and O–H groups in total. The molecule has 0 bridgehead atoms. The number of alkyl halides is 2. The number of ketones is 1. The van der Waals surface area contributed by atoms with E-state index in [0.717, 1.165) is 0 Å². The van der Waals surface area contributed by atoms with Crippen molar-refractivity contribution in [2.75, 3.05) is 0 Å². The zero-order valence-corrected chi connectivity index (χ0v) is 6.54. The third-order valence-electron chi connectivity index (χ3n) is 1.94. The Hall–Kier alpha value is -1.33. The van der Waals surface area contributed by atoms with Gasteiger partial charge in [-0.05, 0) is 0 Å². The molecule has 0 aliphatic heterocycles. The minimum atomic E-state index is -2.74. The Morgan fingerprint density at radius 3 is 2.54 bits per heavy atom. The number of carbonyl (C=O) groups excluding carboxylic acids is 1. The Labute approximate surface area is 71.9 Å². The van der Waals surface area contributed by atoms with Crippen molar-refractivity contribution in [2.24, 2.45) is 0 Å². The first-order valence-corrected chi connectivity index (χ1v) is 3.80. The summed E-state index contributed by atoms with van der Waals surface area (Å²) in [6.45, 7) is 0. The van der Waals surface area contributed by atoms with Gasteiger partial charge in [-0.3, -0.25) is 4.79 Å². The maximum atomic E-state index is 12.0. The first-order chi connectivity index (χ1) is 6.16. The van der Waals surface area contributed by atoms with Gasteiger partial charge in [0, 0.05) is 12.8 Å². The van der Waals surface area contributed by atoms with Gasteiger partial charge in [0.05, 0.1) is 5.92 Å². The average Bonchev–Trinajstić information content (AvgIpc) is 2.46. The van der Waals surface area contributed by atoms with Crippen LogP contribution in [-0.2, 0) is 4.79 Å². The van der Waals surface area contributed by atoms with Crippen LogP contribution in [0, 0.1) is 0 Å². The van der Waals surface area contributed by atoms with Gasteiger partial charge in [-0.25, -0.2) is 0 Å². The Balaban J connectivity index is 2.10. The number of rotatable bonds is 2. The molecule has 1 aliphatic rings. The van der Waals surface area contributed by atoms with Crippen LogP contribution in [-0.4, -0.2) is 16.0 Å². The van der Waals surface area contributed by atoms with E-state index in [-0.39, 0.29) is 17.6 Å². The van der Waals surface area contributed by atoms with Gasteiger partial charge in [-0.2, -0.15) is 8.78 Å². The summed E-state index contributed by atoms with van der Waals surface area (Å²) in [6.07, 6.45) is -2.09. The minimum absolute atomic E-state index is 0.0989. The molecule has 1 saturated carbocycles. The molecule has 1 aromatic rings. The van der Waals surface area contributed by atoms with Gasteiger partial charge in [-0.15, -0.1) is 10.2 Å². The molecule has 6 heteroatoms. The highest BCUT2D eigenvalue weighted by Crippen LogP contribution is 2.33. The van der Waals surface area contributed by atoms with Crippen molar-refractivity contribution in [3.63, 3.8) is 0 Å². The molecule has 1 aromatic heterocycles. The molecule has 2 rings (SSSR count). The summed E-state index contributed by atoms with van der Waals surface area (Å²) in [5.74, 6) is -0.571. The van der Waals surface area contributed by atoms with Crippen molar-refractivity contribution in [1.29, 1.82) is 0 Å². The lowest BCUT2D eigenvalue weighted by Gasteiger charge is -2.19. The van der Waals surface area contributed by atoms with Crippen LogP contribution in [0.15, 0.2) is 4.42 Å². The van der Waals surface area contributed by atoms with Crippen LogP contribution >= 0.6 is 0 Å². The highest BCUT2D eigenvalue weighted by Gasteiger charge is 2.33. The van der Waals surface area contributed by atoms with Crippen molar-refractivity contribution < 1.29 is 18.0 Å². The predicted molar refractivity (Wildman–Crippen MR) is 36.2 cm³/mol. The second-order valence-electron chi connectivity index (χ2n) is 2.92. The molecule has 0 spiro atoms. The number of nitrogens with zero attached hydrogens (tertiary/aromatic N) is 2. The van der Waals surface area contributed by atoms with Gasteiger partial charge in [0.1, 0.15) is 5.78 Å². The van der Waals surface area contributed by atoms with Crippen LogP contribution < -0.4 is 0 Å². The lowest BCUT2D eigenvalue weighted by Crippen LogP contribution is -2.21. The maximum Gasteiger partial charge on any atom is 0.314 e. The molecule has 0 aromatic carbocycles. The van der Waals surface area contributed by atoms with Gasteiger partial charge in [0.25, 0.3) is 5.89 Å². The topological polar surface area (TPSA) is 56.0 Å². The Kier molecular flexibility index (Phi) is 1.82. The van der Waals surface area contributed by atoms with Crippen LogP contribution in [0.3, 0.4) is 0 Å². The lowest BCUT2D eigenvalue weighted by atomic mass is 9.84. The zero-order chi connectivity index (χ0) is 9.42. The summed E-state index contributed by atoms with van der Waals surface area (Å²) < 4.78 is 28.6. The highest BCUT2D eigenvalue weighted by molar-refractivity contribution is 5.85. The third kappa shape index (κ3) is 1.43. The van der Waals surface area contributed by atoms with E-state index in [0.29, 0.717) is 12.8 Å². The molecule has 4 nitrogen and oxygen atoms in total. The highest BCUT2D eigenvalue weighted by atomic mass is 19.3. The minimum Gasteiger partial charge on any atom is -0.419 e. The number of Topliss-reactive ketones (excluding diaryl/α,β-unsaturated/α-hetero) is 1. The number of aromatic nitrogens is 2. The van der Waals surface area contributed by atoms with Gasteiger partial charge in [-0.1, -0.05) is 0 Å². The van der Waals surface area contributed by atoms with Crippen LogP contribution in [0.4, 0.5) is 8.78 Å². The van der Waals surface area contributed by atoms with E-state index in [4.69, 9.17) is 0 Å². The number of carbonyl (C=O) groups is 1. The van der Waals surface area contributed by atoms with Crippen LogP contribution in [0.1, 0.15) is 37.0 Å². The number of hydrogen-bond donors (Lipinski definition) is 0. The Morgan fingerprint density at radius 2 is 2.08 bits per heavy atom. The van der Waals surface area contributed by atoms with Gasteiger partial charge >= 0.3 is 6.43 Å². The van der Waals surface area contributed by atoms with Crippen LogP contribution in [0.25, 0.3) is 0 Å². The van der Waals surface area contributed by atoms with Crippen molar-refractivity contribution in [1.82, 2.24) is 10.2 Å². The lowest BCUT2D eigenvalue weighted by molar-refractivity contribution is -0.125. The second-order valence-corrected chi connectivity index (χ2v) is 2.92. The van der Waals surface area contributed by atoms with Crippen LogP contribution in [0.5, 0.6) is 0 Å². The molecule has 0 unspecified atom stereocenters. The normalized spacial score (nSPS) is 17.9. The summed E-state index contributed by atoms with van der Waals surface area (Å²) >= 11 is 0. The molecule has 1 aliphatic carbocycles. The van der Waals surface area contributed by atoms with E-state index in [9.17, 15) is 13.6 Å². The fourth-order valence-electron chi connectivity index (χ4n) is 1.16. The molecule has 13 heavy (non-hydrogen) atoms. The van der Waals surface area contributed by atoms with Crippen molar-refractivity contribution in [3.05, 3.63) is 11.8 Å². The average molecular weight is 188 g/mol. The molecule has 0 amide bonds. The monoisotopic (exact) mass is 188 g/mol. The smallest absolute Gasteiger partial charge is 0.314 e. The quantitative estimate of drug-likeness (QED) is 0.704. The Morgan fingerprint density at radius 1 is 1.38 bits per heavy atom. The Bertz CT molecular complexity index is 329. The van der Waals surface area contributed by atoms with E-state index in [1.807, 2.05) is 0 Å². The second kappa shape index (κ2) is 2.86. The van der Waals surface area contributed by atoms with Gasteiger partial charge < -0.3 is 4.42 Å². The van der Waals surface area contributed by atoms with Gasteiger partial charge in [0.2, 0.25) is 5.89 Å². The molecular formula is C7H6F2N2O2.